The summed E-state index contributed by atoms with van der Waals surface area (Å²) in [6.07, 6.45) is -3.17. The third kappa shape index (κ3) is 10.0. The molecule has 260 valence electrons. The standard InChI is InChI=1S/C36H50F3N3O5/c1-8-45-29-12-10-9-11-28(29)32(26-13-15-27(16-14-26)46-36(37,38)39)41-21-22-42(30(24-41)34(2,3)4)31(43)23-25-17-19-40(20-18-25)33(44)47-35(5,6)7/h9-16,25,30,32H,8,17-24H2,1-7H3. The highest BCUT2D eigenvalue weighted by molar-refractivity contribution is 5.77. The number of piperazine rings is 1. The molecule has 2 saturated heterocycles. The van der Waals surface area contributed by atoms with Gasteiger partial charge < -0.3 is 24.0 Å². The lowest BCUT2D eigenvalue weighted by molar-refractivity contribution is -0.274. The van der Waals surface area contributed by atoms with Gasteiger partial charge in [-0.1, -0.05) is 51.1 Å². The lowest BCUT2D eigenvalue weighted by Gasteiger charge is -2.50. The third-order valence-corrected chi connectivity index (χ3v) is 8.77. The number of carbonyl (C=O) groups excluding carboxylic acids is 2. The topological polar surface area (TPSA) is 71.6 Å². The van der Waals surface area contributed by atoms with Gasteiger partial charge in [-0.15, -0.1) is 13.2 Å². The van der Waals surface area contributed by atoms with Crippen molar-refractivity contribution in [3.8, 4) is 11.5 Å². The minimum atomic E-state index is -4.78. The van der Waals surface area contributed by atoms with Crippen molar-refractivity contribution in [3.63, 3.8) is 0 Å². The monoisotopic (exact) mass is 661 g/mol. The summed E-state index contributed by atoms with van der Waals surface area (Å²) in [5, 5.41) is 0. The van der Waals surface area contributed by atoms with Gasteiger partial charge in [0.2, 0.25) is 5.91 Å². The second-order valence-corrected chi connectivity index (χ2v) is 14.6. The molecule has 2 fully saturated rings. The number of hydrogen-bond acceptors (Lipinski definition) is 6. The molecular formula is C36H50F3N3O5. The van der Waals surface area contributed by atoms with Crippen LogP contribution >= 0.6 is 0 Å². The van der Waals surface area contributed by atoms with Crippen LogP contribution in [0.1, 0.15) is 84.9 Å². The number of carbonyl (C=O) groups is 2. The summed E-state index contributed by atoms with van der Waals surface area (Å²) in [5.74, 6) is 0.723. The number of likely N-dealkylation sites (tertiary alicyclic amines) is 1. The summed E-state index contributed by atoms with van der Waals surface area (Å²) in [6.45, 7) is 17.1. The second-order valence-electron chi connectivity index (χ2n) is 14.6. The SMILES string of the molecule is CCOc1ccccc1C(c1ccc(OC(F)(F)F)cc1)N1CCN(C(=O)CC2CCN(C(=O)OC(C)(C)C)CC2)C(C(C)(C)C)C1. The van der Waals surface area contributed by atoms with Gasteiger partial charge in [0.25, 0.3) is 0 Å². The molecule has 0 aliphatic carbocycles. The van der Waals surface area contributed by atoms with Gasteiger partial charge in [0.05, 0.1) is 12.6 Å². The van der Waals surface area contributed by atoms with Gasteiger partial charge in [0.1, 0.15) is 17.1 Å². The number of benzene rings is 2. The predicted molar refractivity (Wildman–Crippen MR) is 174 cm³/mol. The fourth-order valence-corrected chi connectivity index (χ4v) is 6.52. The van der Waals surface area contributed by atoms with Crippen LogP contribution in [0.4, 0.5) is 18.0 Å². The molecule has 2 aliphatic heterocycles. The average molecular weight is 662 g/mol. The number of hydrogen-bond donors (Lipinski definition) is 0. The van der Waals surface area contributed by atoms with E-state index in [1.807, 2.05) is 56.9 Å². The van der Waals surface area contributed by atoms with Crippen molar-refractivity contribution in [1.29, 1.82) is 0 Å². The van der Waals surface area contributed by atoms with Crippen molar-refractivity contribution in [3.05, 3.63) is 59.7 Å². The van der Waals surface area contributed by atoms with E-state index >= 15 is 0 Å². The van der Waals surface area contributed by atoms with E-state index in [0.29, 0.717) is 51.5 Å². The largest absolute Gasteiger partial charge is 0.573 e. The van der Waals surface area contributed by atoms with Gasteiger partial charge in [-0.3, -0.25) is 9.69 Å². The Hall–Kier alpha value is -3.47. The van der Waals surface area contributed by atoms with Crippen molar-refractivity contribution in [1.82, 2.24) is 14.7 Å². The maximum absolute atomic E-state index is 13.9. The molecule has 2 aromatic carbocycles. The fourth-order valence-electron chi connectivity index (χ4n) is 6.52. The smallest absolute Gasteiger partial charge is 0.494 e. The van der Waals surface area contributed by atoms with Crippen LogP contribution in [0.25, 0.3) is 0 Å². The Kier molecular flexibility index (Phi) is 11.4. The Morgan fingerprint density at radius 1 is 0.894 bits per heavy atom. The van der Waals surface area contributed by atoms with Crippen LogP contribution in [0.3, 0.4) is 0 Å². The first-order valence-electron chi connectivity index (χ1n) is 16.5. The zero-order chi connectivity index (χ0) is 34.6. The maximum Gasteiger partial charge on any atom is 0.573 e. The summed E-state index contributed by atoms with van der Waals surface area (Å²) in [4.78, 5) is 32.5. The Bertz CT molecular complexity index is 1350. The molecule has 2 atom stereocenters. The van der Waals surface area contributed by atoms with Gasteiger partial charge in [-0.2, -0.15) is 0 Å². The van der Waals surface area contributed by atoms with Crippen LogP contribution in [0.2, 0.25) is 0 Å². The van der Waals surface area contributed by atoms with E-state index in [4.69, 9.17) is 9.47 Å². The Morgan fingerprint density at radius 3 is 2.11 bits per heavy atom. The van der Waals surface area contributed by atoms with Crippen LogP contribution in [-0.4, -0.2) is 84.0 Å². The third-order valence-electron chi connectivity index (χ3n) is 8.77. The van der Waals surface area contributed by atoms with E-state index in [-0.39, 0.29) is 41.2 Å². The normalized spacial score (nSPS) is 19.3. The van der Waals surface area contributed by atoms with Gasteiger partial charge >= 0.3 is 12.5 Å². The summed E-state index contributed by atoms with van der Waals surface area (Å²) >= 11 is 0. The molecule has 0 spiro atoms. The van der Waals surface area contributed by atoms with E-state index in [0.717, 1.165) is 24.0 Å². The zero-order valence-corrected chi connectivity index (χ0v) is 28.7. The highest BCUT2D eigenvalue weighted by Crippen LogP contribution is 2.39. The minimum Gasteiger partial charge on any atom is -0.494 e. The number of nitrogens with zero attached hydrogens (tertiary/aromatic N) is 3. The molecule has 0 N–H and O–H groups in total. The first-order valence-corrected chi connectivity index (χ1v) is 16.5. The molecule has 2 heterocycles. The number of amides is 2. The van der Waals surface area contributed by atoms with Gasteiger partial charge in [-0.25, -0.2) is 4.79 Å². The van der Waals surface area contributed by atoms with Crippen LogP contribution < -0.4 is 9.47 Å². The fraction of sp³-hybridized carbons (Fsp3) is 0.611. The molecule has 0 saturated carbocycles. The zero-order valence-electron chi connectivity index (χ0n) is 28.7. The lowest BCUT2D eigenvalue weighted by Crippen LogP contribution is -2.60. The van der Waals surface area contributed by atoms with Crippen molar-refractivity contribution < 1.29 is 37.0 Å². The molecular weight excluding hydrogens is 611 g/mol. The van der Waals surface area contributed by atoms with E-state index in [1.54, 1.807) is 17.0 Å². The predicted octanol–water partition coefficient (Wildman–Crippen LogP) is 7.67. The van der Waals surface area contributed by atoms with Crippen LogP contribution in [-0.2, 0) is 9.53 Å². The van der Waals surface area contributed by atoms with Gasteiger partial charge in [-0.05, 0) is 75.6 Å². The van der Waals surface area contributed by atoms with Crippen molar-refractivity contribution >= 4 is 12.0 Å². The molecule has 4 rings (SSSR count). The van der Waals surface area contributed by atoms with E-state index < -0.39 is 12.0 Å². The summed E-state index contributed by atoms with van der Waals surface area (Å²) in [7, 11) is 0. The highest BCUT2D eigenvalue weighted by atomic mass is 19.4. The number of alkyl halides is 3. The highest BCUT2D eigenvalue weighted by Gasteiger charge is 2.41. The molecule has 47 heavy (non-hydrogen) atoms. The molecule has 2 aliphatic rings. The molecule has 2 amide bonds. The number of halogens is 3. The summed E-state index contributed by atoms with van der Waals surface area (Å²) < 4.78 is 54.4. The molecule has 0 radical (unpaired) electrons. The number of rotatable bonds is 8. The molecule has 0 bridgehead atoms. The first kappa shape index (κ1) is 36.4. The number of para-hydroxylation sites is 1. The molecule has 2 unspecified atom stereocenters. The molecule has 0 aromatic heterocycles. The minimum absolute atomic E-state index is 0.111. The Morgan fingerprint density at radius 2 is 1.53 bits per heavy atom. The molecule has 2 aromatic rings. The Labute approximate surface area is 277 Å². The van der Waals surface area contributed by atoms with E-state index in [1.165, 1.54) is 12.1 Å². The van der Waals surface area contributed by atoms with E-state index in [9.17, 15) is 22.8 Å². The Balaban J connectivity index is 1.53. The van der Waals surface area contributed by atoms with Crippen LogP contribution in [0, 0.1) is 11.3 Å². The van der Waals surface area contributed by atoms with Crippen molar-refractivity contribution in [2.45, 2.75) is 91.8 Å². The maximum atomic E-state index is 13.9. The van der Waals surface area contributed by atoms with Crippen LogP contribution in [0.15, 0.2) is 48.5 Å². The molecule has 8 nitrogen and oxygen atoms in total. The van der Waals surface area contributed by atoms with Crippen molar-refractivity contribution in [2.75, 3.05) is 39.3 Å². The van der Waals surface area contributed by atoms with Crippen LogP contribution in [0.5, 0.6) is 11.5 Å². The number of ether oxygens (including phenoxy) is 3. The van der Waals surface area contributed by atoms with Crippen molar-refractivity contribution in [2.24, 2.45) is 11.3 Å². The van der Waals surface area contributed by atoms with Gasteiger partial charge in [0.15, 0.2) is 0 Å². The number of piperidine rings is 1. The average Bonchev–Trinajstić information content (AvgIpc) is 2.97. The van der Waals surface area contributed by atoms with E-state index in [2.05, 4.69) is 30.4 Å². The molecule has 11 heteroatoms. The second kappa shape index (κ2) is 14.7. The first-order chi connectivity index (χ1) is 21.9. The summed E-state index contributed by atoms with van der Waals surface area (Å²) in [6, 6.07) is 13.3. The quantitative estimate of drug-likeness (QED) is 0.289. The lowest BCUT2D eigenvalue weighted by atomic mass is 9.82. The summed E-state index contributed by atoms with van der Waals surface area (Å²) in [5.41, 5.74) is 0.908. The van der Waals surface area contributed by atoms with Gasteiger partial charge in [0, 0.05) is 50.7 Å².